The van der Waals surface area contributed by atoms with Crippen LogP contribution in [0.15, 0.2) is 65.6 Å². The van der Waals surface area contributed by atoms with Crippen molar-refractivity contribution in [3.8, 4) is 11.3 Å². The quantitative estimate of drug-likeness (QED) is 0.449. The standard InChI is InChI=1S/C20H12ClF6NO/c21-18-15(2-1-3-16(18)20(25,26)27)17-10-14(29)8-9-28(17)11-12-4-6-13(7-5-12)19(22,23)24/h1-10H,11H2. The van der Waals surface area contributed by atoms with Crippen molar-refractivity contribution in [1.82, 2.24) is 4.57 Å². The first-order valence-electron chi connectivity index (χ1n) is 8.19. The Hall–Kier alpha value is -2.74. The first kappa shape index (κ1) is 21.0. The van der Waals surface area contributed by atoms with Crippen LogP contribution in [0.25, 0.3) is 11.3 Å². The summed E-state index contributed by atoms with van der Waals surface area (Å²) in [6.45, 7) is 0.0281. The van der Waals surface area contributed by atoms with Gasteiger partial charge in [-0.2, -0.15) is 26.3 Å². The van der Waals surface area contributed by atoms with Crippen molar-refractivity contribution >= 4 is 11.6 Å². The second-order valence-electron chi connectivity index (χ2n) is 6.24. The Labute approximate surface area is 166 Å². The fourth-order valence-electron chi connectivity index (χ4n) is 2.82. The van der Waals surface area contributed by atoms with Gasteiger partial charge in [-0.15, -0.1) is 0 Å². The van der Waals surface area contributed by atoms with Crippen LogP contribution in [0.1, 0.15) is 16.7 Å². The third-order valence-corrected chi connectivity index (χ3v) is 4.63. The number of halogens is 7. The lowest BCUT2D eigenvalue weighted by Crippen LogP contribution is -2.12. The molecule has 0 spiro atoms. The zero-order valence-electron chi connectivity index (χ0n) is 14.5. The van der Waals surface area contributed by atoms with E-state index in [2.05, 4.69) is 0 Å². The molecule has 0 N–H and O–H groups in total. The van der Waals surface area contributed by atoms with Gasteiger partial charge in [-0.25, -0.2) is 0 Å². The van der Waals surface area contributed by atoms with Crippen molar-refractivity contribution in [1.29, 1.82) is 0 Å². The lowest BCUT2D eigenvalue weighted by atomic mass is 10.1. The van der Waals surface area contributed by atoms with Crippen LogP contribution in [0.4, 0.5) is 26.3 Å². The van der Waals surface area contributed by atoms with Gasteiger partial charge in [-0.3, -0.25) is 4.79 Å². The average molecular weight is 432 g/mol. The van der Waals surface area contributed by atoms with Crippen LogP contribution in [0, 0.1) is 0 Å². The van der Waals surface area contributed by atoms with Crippen molar-refractivity contribution in [2.75, 3.05) is 0 Å². The summed E-state index contributed by atoms with van der Waals surface area (Å²) in [7, 11) is 0. The molecule has 0 saturated heterocycles. The highest BCUT2D eigenvalue weighted by Crippen LogP contribution is 2.39. The van der Waals surface area contributed by atoms with Gasteiger partial charge in [-0.05, 0) is 23.8 Å². The van der Waals surface area contributed by atoms with Gasteiger partial charge in [0.25, 0.3) is 0 Å². The topological polar surface area (TPSA) is 22.0 Å². The fraction of sp³-hybridized carbons (Fsp3) is 0.150. The van der Waals surface area contributed by atoms with Crippen molar-refractivity contribution in [2.24, 2.45) is 0 Å². The number of aromatic nitrogens is 1. The molecule has 152 valence electrons. The highest BCUT2D eigenvalue weighted by atomic mass is 35.5. The Morgan fingerprint density at radius 2 is 1.52 bits per heavy atom. The first-order chi connectivity index (χ1) is 13.5. The molecule has 0 atom stereocenters. The summed E-state index contributed by atoms with van der Waals surface area (Å²) in [5, 5.41) is -0.563. The Morgan fingerprint density at radius 3 is 2.10 bits per heavy atom. The maximum atomic E-state index is 13.2. The van der Waals surface area contributed by atoms with Gasteiger partial charge in [-0.1, -0.05) is 35.9 Å². The molecule has 1 aromatic heterocycles. The van der Waals surface area contributed by atoms with Gasteiger partial charge in [0.1, 0.15) is 0 Å². The van der Waals surface area contributed by atoms with Crippen LogP contribution in [0.3, 0.4) is 0 Å². The van der Waals surface area contributed by atoms with E-state index in [1.807, 2.05) is 0 Å². The van der Waals surface area contributed by atoms with Crippen molar-refractivity contribution in [2.45, 2.75) is 18.9 Å². The molecule has 0 radical (unpaired) electrons. The van der Waals surface area contributed by atoms with Gasteiger partial charge >= 0.3 is 12.4 Å². The molecule has 2 aromatic carbocycles. The van der Waals surface area contributed by atoms with E-state index in [1.165, 1.54) is 41.1 Å². The van der Waals surface area contributed by atoms with E-state index in [-0.39, 0.29) is 17.8 Å². The fourth-order valence-corrected chi connectivity index (χ4v) is 3.15. The number of pyridine rings is 1. The van der Waals surface area contributed by atoms with Gasteiger partial charge in [0.2, 0.25) is 0 Å². The van der Waals surface area contributed by atoms with Crippen LogP contribution < -0.4 is 5.43 Å². The predicted octanol–water partition coefficient (Wildman–Crippen LogP) is 6.25. The molecule has 0 bridgehead atoms. The molecule has 0 aliphatic carbocycles. The summed E-state index contributed by atoms with van der Waals surface area (Å²) in [5.74, 6) is 0. The van der Waals surface area contributed by atoms with Crippen molar-refractivity contribution in [3.63, 3.8) is 0 Å². The number of alkyl halides is 6. The van der Waals surface area contributed by atoms with Gasteiger partial charge in [0.15, 0.2) is 5.43 Å². The third-order valence-electron chi connectivity index (χ3n) is 4.22. The molecule has 0 fully saturated rings. The molecular formula is C20H12ClF6NO. The van der Waals surface area contributed by atoms with Gasteiger partial charge < -0.3 is 4.57 Å². The van der Waals surface area contributed by atoms with Crippen molar-refractivity contribution < 1.29 is 26.3 Å². The summed E-state index contributed by atoms with van der Waals surface area (Å²) >= 11 is 5.97. The van der Waals surface area contributed by atoms with Gasteiger partial charge in [0, 0.05) is 30.4 Å². The highest BCUT2D eigenvalue weighted by molar-refractivity contribution is 6.34. The lowest BCUT2D eigenvalue weighted by molar-refractivity contribution is -0.138. The second-order valence-corrected chi connectivity index (χ2v) is 6.61. The van der Waals surface area contributed by atoms with Crippen molar-refractivity contribution in [3.05, 3.63) is 92.7 Å². The number of nitrogens with zero attached hydrogens (tertiary/aromatic N) is 1. The molecule has 0 aliphatic rings. The molecule has 2 nitrogen and oxygen atoms in total. The third kappa shape index (κ3) is 4.64. The van der Waals surface area contributed by atoms with E-state index < -0.39 is 33.9 Å². The van der Waals surface area contributed by atoms with E-state index in [1.54, 1.807) is 0 Å². The van der Waals surface area contributed by atoms with Crippen LogP contribution in [0.5, 0.6) is 0 Å². The predicted molar refractivity (Wildman–Crippen MR) is 96.7 cm³/mol. The minimum Gasteiger partial charge on any atom is -0.343 e. The normalized spacial score (nSPS) is 12.2. The molecule has 0 amide bonds. The molecule has 0 aliphatic heterocycles. The van der Waals surface area contributed by atoms with Crippen LogP contribution in [-0.4, -0.2) is 4.57 Å². The molecule has 0 saturated carbocycles. The lowest BCUT2D eigenvalue weighted by Gasteiger charge is -2.17. The average Bonchev–Trinajstić information content (AvgIpc) is 2.62. The zero-order chi connectivity index (χ0) is 21.4. The Kier molecular flexibility index (Phi) is 5.49. The van der Waals surface area contributed by atoms with E-state index in [0.29, 0.717) is 5.56 Å². The Balaban J connectivity index is 2.05. The van der Waals surface area contributed by atoms with E-state index >= 15 is 0 Å². The van der Waals surface area contributed by atoms with E-state index in [0.717, 1.165) is 24.3 Å². The highest BCUT2D eigenvalue weighted by Gasteiger charge is 2.34. The van der Waals surface area contributed by atoms with E-state index in [4.69, 9.17) is 11.6 Å². The number of hydrogen-bond donors (Lipinski definition) is 0. The molecule has 9 heteroatoms. The molecule has 1 heterocycles. The SMILES string of the molecule is O=c1ccn(Cc2ccc(C(F)(F)F)cc2)c(-c2cccc(C(F)(F)F)c2Cl)c1. The summed E-state index contributed by atoms with van der Waals surface area (Å²) in [5.41, 5.74) is -1.74. The summed E-state index contributed by atoms with van der Waals surface area (Å²) in [6, 6.07) is 10.0. The van der Waals surface area contributed by atoms with Crippen LogP contribution >= 0.6 is 11.6 Å². The first-order valence-corrected chi connectivity index (χ1v) is 8.57. The molecule has 3 rings (SSSR count). The minimum atomic E-state index is -4.68. The molecule has 0 unspecified atom stereocenters. The largest absolute Gasteiger partial charge is 0.417 e. The van der Waals surface area contributed by atoms with E-state index in [9.17, 15) is 31.1 Å². The minimum absolute atomic E-state index is 0.00824. The monoisotopic (exact) mass is 431 g/mol. The number of rotatable bonds is 3. The number of hydrogen-bond acceptors (Lipinski definition) is 1. The summed E-state index contributed by atoms with van der Waals surface area (Å²) < 4.78 is 79.1. The van der Waals surface area contributed by atoms with Crippen LogP contribution in [-0.2, 0) is 18.9 Å². The Morgan fingerprint density at radius 1 is 0.862 bits per heavy atom. The molecular weight excluding hydrogens is 420 g/mol. The zero-order valence-corrected chi connectivity index (χ0v) is 15.2. The maximum Gasteiger partial charge on any atom is 0.417 e. The summed E-state index contributed by atoms with van der Waals surface area (Å²) in [4.78, 5) is 11.8. The second kappa shape index (κ2) is 7.59. The summed E-state index contributed by atoms with van der Waals surface area (Å²) in [6.07, 6.45) is -7.81. The van der Waals surface area contributed by atoms with Gasteiger partial charge in [0.05, 0.1) is 21.8 Å². The molecule has 3 aromatic rings. The smallest absolute Gasteiger partial charge is 0.343 e. The number of benzene rings is 2. The maximum absolute atomic E-state index is 13.2. The Bertz CT molecular complexity index is 1080. The van der Waals surface area contributed by atoms with Crippen LogP contribution in [0.2, 0.25) is 5.02 Å². The molecule has 29 heavy (non-hydrogen) atoms.